The van der Waals surface area contributed by atoms with Crippen LogP contribution in [0.25, 0.3) is 11.1 Å². The van der Waals surface area contributed by atoms with Crippen LogP contribution < -0.4 is 0 Å². The number of aryl methyl sites for hydroxylation is 2. The van der Waals surface area contributed by atoms with Gasteiger partial charge in [-0.2, -0.15) is 0 Å². The Balaban J connectivity index is 2.02. The molecule has 0 aliphatic carbocycles. The van der Waals surface area contributed by atoms with E-state index in [1.54, 1.807) is 0 Å². The van der Waals surface area contributed by atoms with Crippen molar-refractivity contribution in [3.63, 3.8) is 0 Å². The van der Waals surface area contributed by atoms with E-state index in [9.17, 15) is 4.79 Å². The van der Waals surface area contributed by atoms with Gasteiger partial charge in [-0.3, -0.25) is 0 Å². The highest BCUT2D eigenvalue weighted by Crippen LogP contribution is 2.21. The molecule has 2 aromatic carbocycles. The zero-order valence-electron chi connectivity index (χ0n) is 12.5. The second-order valence-corrected chi connectivity index (χ2v) is 5.39. The van der Waals surface area contributed by atoms with Crippen molar-refractivity contribution in [3.05, 3.63) is 71.3 Å². The molecule has 0 aliphatic rings. The highest BCUT2D eigenvalue weighted by Gasteiger charge is 2.00. The summed E-state index contributed by atoms with van der Waals surface area (Å²) in [4.78, 5) is 10.6. The molecule has 0 amide bonds. The number of hydrogen-bond acceptors (Lipinski definition) is 1. The van der Waals surface area contributed by atoms with Gasteiger partial charge in [0.15, 0.2) is 0 Å². The Morgan fingerprint density at radius 1 is 1.00 bits per heavy atom. The molecule has 2 rings (SSSR count). The number of allylic oxidation sites excluding steroid dienone is 1. The summed E-state index contributed by atoms with van der Waals surface area (Å²) in [5.41, 5.74) is 5.80. The molecule has 0 saturated carbocycles. The SMILES string of the molecule is C/C(=C\C(=O)O)CCc1ccc(-c2ccc(C)cc2)cc1. The van der Waals surface area contributed by atoms with E-state index < -0.39 is 5.97 Å². The van der Waals surface area contributed by atoms with Crippen LogP contribution in [0.3, 0.4) is 0 Å². The molecule has 0 bridgehead atoms. The van der Waals surface area contributed by atoms with Crippen LogP contribution in [0.15, 0.2) is 60.2 Å². The molecule has 108 valence electrons. The first-order chi connectivity index (χ1) is 10.0. The third kappa shape index (κ3) is 4.60. The number of hydrogen-bond donors (Lipinski definition) is 1. The lowest BCUT2D eigenvalue weighted by molar-refractivity contribution is -0.131. The number of benzene rings is 2. The van der Waals surface area contributed by atoms with Gasteiger partial charge in [-0.25, -0.2) is 4.79 Å². The average molecular weight is 280 g/mol. The van der Waals surface area contributed by atoms with E-state index in [1.807, 2.05) is 6.92 Å². The molecule has 0 fully saturated rings. The molecule has 0 heterocycles. The average Bonchev–Trinajstić information content (AvgIpc) is 2.46. The van der Waals surface area contributed by atoms with E-state index >= 15 is 0 Å². The fourth-order valence-electron chi connectivity index (χ4n) is 2.23. The maximum absolute atomic E-state index is 10.6. The normalized spacial score (nSPS) is 11.4. The van der Waals surface area contributed by atoms with E-state index in [4.69, 9.17) is 5.11 Å². The minimum absolute atomic E-state index is 0.774. The Morgan fingerprint density at radius 3 is 2.05 bits per heavy atom. The predicted octanol–water partition coefficient (Wildman–Crippen LogP) is 4.63. The van der Waals surface area contributed by atoms with Gasteiger partial charge in [0.2, 0.25) is 0 Å². The van der Waals surface area contributed by atoms with Gasteiger partial charge in [-0.1, -0.05) is 59.7 Å². The molecule has 2 aromatic rings. The monoisotopic (exact) mass is 280 g/mol. The van der Waals surface area contributed by atoms with Gasteiger partial charge in [0.05, 0.1) is 0 Å². The summed E-state index contributed by atoms with van der Waals surface area (Å²) in [5.74, 6) is -0.873. The summed E-state index contributed by atoms with van der Waals surface area (Å²) >= 11 is 0. The summed E-state index contributed by atoms with van der Waals surface area (Å²) in [6.45, 7) is 3.94. The molecule has 2 heteroatoms. The van der Waals surface area contributed by atoms with Crippen LogP contribution in [0.4, 0.5) is 0 Å². The Bertz CT molecular complexity index is 634. The van der Waals surface area contributed by atoms with Crippen molar-refractivity contribution in [3.8, 4) is 11.1 Å². The highest BCUT2D eigenvalue weighted by atomic mass is 16.4. The number of carbonyl (C=O) groups is 1. The van der Waals surface area contributed by atoms with Crippen LogP contribution >= 0.6 is 0 Å². The van der Waals surface area contributed by atoms with Crippen molar-refractivity contribution in [1.82, 2.24) is 0 Å². The number of aliphatic carboxylic acids is 1. The number of carboxylic acid groups (broad SMARTS) is 1. The van der Waals surface area contributed by atoms with Gasteiger partial charge in [0.1, 0.15) is 0 Å². The third-order valence-electron chi connectivity index (χ3n) is 3.52. The Kier molecular flexibility index (Phi) is 4.94. The Labute approximate surface area is 125 Å². The van der Waals surface area contributed by atoms with Gasteiger partial charge in [0.25, 0.3) is 0 Å². The third-order valence-corrected chi connectivity index (χ3v) is 3.52. The first-order valence-corrected chi connectivity index (χ1v) is 7.10. The van der Waals surface area contributed by atoms with E-state index in [0.29, 0.717) is 0 Å². The highest BCUT2D eigenvalue weighted by molar-refractivity contribution is 5.80. The van der Waals surface area contributed by atoms with Crippen molar-refractivity contribution in [2.24, 2.45) is 0 Å². The molecule has 0 radical (unpaired) electrons. The van der Waals surface area contributed by atoms with E-state index in [2.05, 4.69) is 55.5 Å². The van der Waals surface area contributed by atoms with Crippen LogP contribution in [0, 0.1) is 6.92 Å². The maximum atomic E-state index is 10.6. The fraction of sp³-hybridized carbons (Fsp3) is 0.211. The molecule has 0 unspecified atom stereocenters. The smallest absolute Gasteiger partial charge is 0.328 e. The quantitative estimate of drug-likeness (QED) is 0.811. The van der Waals surface area contributed by atoms with Crippen molar-refractivity contribution in [1.29, 1.82) is 0 Å². The molecule has 0 aromatic heterocycles. The lowest BCUT2D eigenvalue weighted by Crippen LogP contribution is -1.92. The van der Waals surface area contributed by atoms with E-state index in [-0.39, 0.29) is 0 Å². The second kappa shape index (κ2) is 6.89. The summed E-state index contributed by atoms with van der Waals surface area (Å²) in [5, 5.41) is 8.69. The van der Waals surface area contributed by atoms with Crippen molar-refractivity contribution in [2.75, 3.05) is 0 Å². The van der Waals surface area contributed by atoms with E-state index in [0.717, 1.165) is 18.4 Å². The lowest BCUT2D eigenvalue weighted by atomic mass is 10.00. The fourth-order valence-corrected chi connectivity index (χ4v) is 2.23. The largest absolute Gasteiger partial charge is 0.478 e. The van der Waals surface area contributed by atoms with Crippen LogP contribution in [-0.2, 0) is 11.2 Å². The summed E-state index contributed by atoms with van der Waals surface area (Å²) in [6.07, 6.45) is 2.92. The zero-order valence-corrected chi connectivity index (χ0v) is 12.5. The van der Waals surface area contributed by atoms with Crippen molar-refractivity contribution in [2.45, 2.75) is 26.7 Å². The number of carboxylic acids is 1. The van der Waals surface area contributed by atoms with Crippen LogP contribution in [0.1, 0.15) is 24.5 Å². The minimum atomic E-state index is -0.873. The lowest BCUT2D eigenvalue weighted by Gasteiger charge is -2.05. The van der Waals surface area contributed by atoms with Gasteiger partial charge in [-0.15, -0.1) is 0 Å². The van der Waals surface area contributed by atoms with Crippen LogP contribution in [-0.4, -0.2) is 11.1 Å². The second-order valence-electron chi connectivity index (χ2n) is 5.39. The van der Waals surface area contributed by atoms with Crippen molar-refractivity contribution < 1.29 is 9.90 Å². The molecule has 1 N–H and O–H groups in total. The maximum Gasteiger partial charge on any atom is 0.328 e. The first kappa shape index (κ1) is 15.0. The molecular formula is C19H20O2. The standard InChI is InChI=1S/C19H20O2/c1-14-4-9-17(10-5-14)18-11-7-16(8-12-18)6-3-15(2)13-19(20)21/h4-5,7-13H,3,6H2,1-2H3,(H,20,21)/b15-13+. The predicted molar refractivity (Wildman–Crippen MR) is 86.3 cm³/mol. The Morgan fingerprint density at radius 2 is 1.52 bits per heavy atom. The molecule has 2 nitrogen and oxygen atoms in total. The first-order valence-electron chi connectivity index (χ1n) is 7.10. The summed E-state index contributed by atoms with van der Waals surface area (Å²) < 4.78 is 0. The molecular weight excluding hydrogens is 260 g/mol. The molecule has 21 heavy (non-hydrogen) atoms. The van der Waals surface area contributed by atoms with Crippen LogP contribution in [0.2, 0.25) is 0 Å². The molecule has 0 saturated heterocycles. The molecule has 0 spiro atoms. The zero-order chi connectivity index (χ0) is 15.2. The summed E-state index contributed by atoms with van der Waals surface area (Å²) in [7, 11) is 0. The van der Waals surface area contributed by atoms with Crippen LogP contribution in [0.5, 0.6) is 0 Å². The molecule has 0 atom stereocenters. The summed E-state index contributed by atoms with van der Waals surface area (Å²) in [6, 6.07) is 17.0. The Hall–Kier alpha value is -2.35. The minimum Gasteiger partial charge on any atom is -0.478 e. The van der Waals surface area contributed by atoms with Gasteiger partial charge in [0, 0.05) is 6.08 Å². The molecule has 0 aliphatic heterocycles. The van der Waals surface area contributed by atoms with Gasteiger partial charge < -0.3 is 5.11 Å². The van der Waals surface area contributed by atoms with Crippen molar-refractivity contribution >= 4 is 5.97 Å². The van der Waals surface area contributed by atoms with Gasteiger partial charge >= 0.3 is 5.97 Å². The van der Waals surface area contributed by atoms with Gasteiger partial charge in [-0.05, 0) is 43.4 Å². The topological polar surface area (TPSA) is 37.3 Å². The van der Waals surface area contributed by atoms with E-state index in [1.165, 1.54) is 28.3 Å². The number of rotatable bonds is 5.